The van der Waals surface area contributed by atoms with E-state index in [4.69, 9.17) is 4.74 Å². The van der Waals surface area contributed by atoms with Gasteiger partial charge >= 0.3 is 0 Å². The largest absolute Gasteiger partial charge is 0.383 e. The molecule has 0 amide bonds. The van der Waals surface area contributed by atoms with Crippen LogP contribution in [0.5, 0.6) is 0 Å². The molecule has 0 bridgehead atoms. The van der Waals surface area contributed by atoms with Crippen molar-refractivity contribution in [2.24, 2.45) is 7.05 Å². The van der Waals surface area contributed by atoms with Crippen molar-refractivity contribution in [2.75, 3.05) is 25.6 Å². The van der Waals surface area contributed by atoms with Crippen molar-refractivity contribution in [1.29, 1.82) is 0 Å². The van der Waals surface area contributed by atoms with E-state index in [-0.39, 0.29) is 6.04 Å². The fraction of sp³-hybridized carbons (Fsp3) is 0.571. The molecule has 2 heterocycles. The maximum atomic E-state index is 5.21. The highest BCUT2D eigenvalue weighted by molar-refractivity contribution is 5.29. The van der Waals surface area contributed by atoms with Gasteiger partial charge in [0.15, 0.2) is 0 Å². The van der Waals surface area contributed by atoms with Crippen molar-refractivity contribution in [2.45, 2.75) is 26.3 Å². The summed E-state index contributed by atoms with van der Waals surface area (Å²) in [5, 5.41) is 3.38. The highest BCUT2D eigenvalue weighted by atomic mass is 16.5. The zero-order chi connectivity index (χ0) is 14.5. The Bertz CT molecular complexity index is 546. The average Bonchev–Trinajstić information content (AvgIpc) is 2.97. The van der Waals surface area contributed by atoms with Crippen LogP contribution in [0.25, 0.3) is 0 Å². The maximum Gasteiger partial charge on any atom is 0.203 e. The van der Waals surface area contributed by atoms with Crippen LogP contribution < -0.4 is 5.32 Å². The van der Waals surface area contributed by atoms with E-state index in [2.05, 4.69) is 26.8 Å². The van der Waals surface area contributed by atoms with Gasteiger partial charge in [0.1, 0.15) is 5.82 Å². The number of methoxy groups -OCH3 is 1. The zero-order valence-corrected chi connectivity index (χ0v) is 12.6. The monoisotopic (exact) mass is 277 g/mol. The van der Waals surface area contributed by atoms with Crippen LogP contribution in [0.15, 0.2) is 18.6 Å². The van der Waals surface area contributed by atoms with Gasteiger partial charge in [-0.2, -0.15) is 0 Å². The second-order valence-electron chi connectivity index (χ2n) is 5.05. The molecule has 0 radical (unpaired) electrons. The van der Waals surface area contributed by atoms with Gasteiger partial charge in [0.25, 0.3) is 0 Å². The van der Waals surface area contributed by atoms with E-state index in [9.17, 15) is 0 Å². The SMILES string of the molecule is COCC(C)n1cc(C)nc1NCCc1nccn1C. The molecule has 0 aliphatic carbocycles. The third-order valence-electron chi connectivity index (χ3n) is 3.29. The third kappa shape index (κ3) is 3.39. The molecule has 6 nitrogen and oxygen atoms in total. The molecule has 0 spiro atoms. The summed E-state index contributed by atoms with van der Waals surface area (Å²) < 4.78 is 9.37. The van der Waals surface area contributed by atoms with E-state index in [0.717, 1.165) is 30.4 Å². The molecule has 1 unspecified atom stereocenters. The number of ether oxygens (including phenoxy) is 1. The van der Waals surface area contributed by atoms with E-state index in [1.54, 1.807) is 7.11 Å². The number of nitrogens with zero attached hydrogens (tertiary/aromatic N) is 4. The summed E-state index contributed by atoms with van der Waals surface area (Å²) in [6.07, 6.45) is 6.70. The first kappa shape index (κ1) is 14.6. The normalized spacial score (nSPS) is 12.6. The average molecular weight is 277 g/mol. The summed E-state index contributed by atoms with van der Waals surface area (Å²) in [7, 11) is 3.72. The first-order valence-corrected chi connectivity index (χ1v) is 6.86. The summed E-state index contributed by atoms with van der Waals surface area (Å²) >= 11 is 0. The Labute approximate surface area is 119 Å². The fourth-order valence-electron chi connectivity index (χ4n) is 2.23. The molecule has 0 aromatic carbocycles. The molecule has 110 valence electrons. The molecule has 1 atom stereocenters. The van der Waals surface area contributed by atoms with E-state index in [1.165, 1.54) is 0 Å². The smallest absolute Gasteiger partial charge is 0.203 e. The molecule has 0 saturated carbocycles. The molecular weight excluding hydrogens is 254 g/mol. The summed E-state index contributed by atoms with van der Waals surface area (Å²) in [5.74, 6) is 1.96. The van der Waals surface area contributed by atoms with Gasteiger partial charge in [-0.1, -0.05) is 0 Å². The van der Waals surface area contributed by atoms with Crippen molar-refractivity contribution in [3.8, 4) is 0 Å². The maximum absolute atomic E-state index is 5.21. The number of nitrogens with one attached hydrogen (secondary N) is 1. The lowest BCUT2D eigenvalue weighted by Gasteiger charge is -2.16. The summed E-state index contributed by atoms with van der Waals surface area (Å²) in [6.45, 7) is 5.60. The molecule has 0 fully saturated rings. The Hall–Kier alpha value is -1.82. The van der Waals surface area contributed by atoms with Crippen LogP contribution >= 0.6 is 0 Å². The molecular formula is C14H23N5O. The van der Waals surface area contributed by atoms with Crippen molar-refractivity contribution < 1.29 is 4.74 Å². The minimum atomic E-state index is 0.261. The van der Waals surface area contributed by atoms with Gasteiger partial charge < -0.3 is 19.2 Å². The highest BCUT2D eigenvalue weighted by Crippen LogP contribution is 2.16. The molecule has 2 aromatic heterocycles. The predicted octanol–water partition coefficient (Wildman–Crippen LogP) is 1.79. The summed E-state index contributed by atoms with van der Waals surface area (Å²) in [6, 6.07) is 0.261. The Balaban J connectivity index is 1.97. The lowest BCUT2D eigenvalue weighted by Crippen LogP contribution is -2.16. The van der Waals surface area contributed by atoms with Crippen molar-refractivity contribution >= 4 is 5.95 Å². The first-order chi connectivity index (χ1) is 9.61. The van der Waals surface area contributed by atoms with Crippen LogP contribution in [-0.4, -0.2) is 39.4 Å². The molecule has 0 saturated heterocycles. The predicted molar refractivity (Wildman–Crippen MR) is 79.0 cm³/mol. The lowest BCUT2D eigenvalue weighted by atomic mass is 10.3. The molecule has 1 N–H and O–H groups in total. The van der Waals surface area contributed by atoms with Crippen LogP contribution in [0, 0.1) is 6.92 Å². The molecule has 0 aliphatic rings. The Kier molecular flexibility index (Phi) is 4.79. The number of anilines is 1. The minimum Gasteiger partial charge on any atom is -0.383 e. The third-order valence-corrected chi connectivity index (χ3v) is 3.29. The number of rotatable bonds is 7. The van der Waals surface area contributed by atoms with Crippen LogP contribution in [0.1, 0.15) is 24.5 Å². The van der Waals surface area contributed by atoms with Crippen molar-refractivity contribution in [1.82, 2.24) is 19.1 Å². The summed E-state index contributed by atoms with van der Waals surface area (Å²) in [5.41, 5.74) is 1.01. The quantitative estimate of drug-likeness (QED) is 0.838. The second-order valence-corrected chi connectivity index (χ2v) is 5.05. The number of imidazole rings is 2. The topological polar surface area (TPSA) is 56.9 Å². The number of aromatic nitrogens is 4. The standard InChI is InChI=1S/C14H23N5O/c1-11-9-19(12(2)10-20-4)14(17-11)16-6-5-13-15-7-8-18(13)3/h7-9,12H,5-6,10H2,1-4H3,(H,16,17). The molecule has 2 aromatic rings. The van der Waals surface area contributed by atoms with Crippen LogP contribution in [0.2, 0.25) is 0 Å². The van der Waals surface area contributed by atoms with Gasteiger partial charge in [-0.25, -0.2) is 9.97 Å². The summed E-state index contributed by atoms with van der Waals surface area (Å²) in [4.78, 5) is 8.84. The molecule has 2 rings (SSSR count). The molecule has 6 heteroatoms. The Morgan fingerprint density at radius 1 is 1.45 bits per heavy atom. The van der Waals surface area contributed by atoms with Crippen molar-refractivity contribution in [3.63, 3.8) is 0 Å². The van der Waals surface area contributed by atoms with Crippen LogP contribution in [0.4, 0.5) is 5.95 Å². The van der Waals surface area contributed by atoms with Gasteiger partial charge in [-0.05, 0) is 13.8 Å². The van der Waals surface area contributed by atoms with Crippen molar-refractivity contribution in [3.05, 3.63) is 30.1 Å². The molecule has 20 heavy (non-hydrogen) atoms. The minimum absolute atomic E-state index is 0.261. The molecule has 0 aliphatic heterocycles. The first-order valence-electron chi connectivity index (χ1n) is 6.86. The second kappa shape index (κ2) is 6.56. The van der Waals surface area contributed by atoms with E-state index < -0.39 is 0 Å². The van der Waals surface area contributed by atoms with E-state index in [0.29, 0.717) is 6.61 Å². The number of aryl methyl sites for hydroxylation is 2. The van der Waals surface area contributed by atoms with E-state index >= 15 is 0 Å². The van der Waals surface area contributed by atoms with Gasteiger partial charge in [-0.3, -0.25) is 0 Å². The fourth-order valence-corrected chi connectivity index (χ4v) is 2.23. The number of hydrogen-bond donors (Lipinski definition) is 1. The van der Waals surface area contributed by atoms with Gasteiger partial charge in [0, 0.05) is 45.7 Å². The number of hydrogen-bond acceptors (Lipinski definition) is 4. The Morgan fingerprint density at radius 3 is 2.90 bits per heavy atom. The van der Waals surface area contributed by atoms with Crippen LogP contribution in [-0.2, 0) is 18.2 Å². The van der Waals surface area contributed by atoms with Gasteiger partial charge in [-0.15, -0.1) is 0 Å². The van der Waals surface area contributed by atoms with Gasteiger partial charge in [0.2, 0.25) is 5.95 Å². The van der Waals surface area contributed by atoms with Gasteiger partial charge in [0.05, 0.1) is 18.3 Å². The highest BCUT2D eigenvalue weighted by Gasteiger charge is 2.11. The Morgan fingerprint density at radius 2 is 2.25 bits per heavy atom. The van der Waals surface area contributed by atoms with E-state index in [1.807, 2.05) is 37.1 Å². The lowest BCUT2D eigenvalue weighted by molar-refractivity contribution is 0.163. The van der Waals surface area contributed by atoms with Crippen LogP contribution in [0.3, 0.4) is 0 Å². The zero-order valence-electron chi connectivity index (χ0n) is 12.6.